The van der Waals surface area contributed by atoms with E-state index in [2.05, 4.69) is 67.5 Å². The minimum Gasteiger partial charge on any atom is -0.355 e. The van der Waals surface area contributed by atoms with Gasteiger partial charge in [-0.25, -0.2) is 4.98 Å². The van der Waals surface area contributed by atoms with Gasteiger partial charge in [-0.05, 0) is 30.7 Å². The van der Waals surface area contributed by atoms with Gasteiger partial charge in [0.2, 0.25) is 0 Å². The molecule has 0 aliphatic rings. The van der Waals surface area contributed by atoms with Crippen LogP contribution in [-0.4, -0.2) is 18.6 Å². The number of hydrogen-bond donors (Lipinski definition) is 1. The SMILES string of the molecule is CCNCc1ccc(N(C)Cc2ccccc2)nc1C. The molecule has 0 radical (unpaired) electrons. The van der Waals surface area contributed by atoms with Crippen molar-refractivity contribution in [1.82, 2.24) is 10.3 Å². The Morgan fingerprint density at radius 3 is 2.50 bits per heavy atom. The monoisotopic (exact) mass is 269 g/mol. The molecule has 20 heavy (non-hydrogen) atoms. The Balaban J connectivity index is 2.07. The number of pyridine rings is 1. The van der Waals surface area contributed by atoms with Gasteiger partial charge in [-0.2, -0.15) is 0 Å². The molecule has 1 N–H and O–H groups in total. The molecule has 106 valence electrons. The molecule has 1 heterocycles. The van der Waals surface area contributed by atoms with Crippen LogP contribution in [0, 0.1) is 6.92 Å². The van der Waals surface area contributed by atoms with Crippen LogP contribution in [0.3, 0.4) is 0 Å². The summed E-state index contributed by atoms with van der Waals surface area (Å²) in [4.78, 5) is 6.89. The second kappa shape index (κ2) is 7.06. The molecule has 0 fully saturated rings. The van der Waals surface area contributed by atoms with E-state index in [1.54, 1.807) is 0 Å². The van der Waals surface area contributed by atoms with Crippen LogP contribution >= 0.6 is 0 Å². The first-order valence-electron chi connectivity index (χ1n) is 7.13. The summed E-state index contributed by atoms with van der Waals surface area (Å²) >= 11 is 0. The highest BCUT2D eigenvalue weighted by Crippen LogP contribution is 2.16. The van der Waals surface area contributed by atoms with Crippen molar-refractivity contribution in [3.05, 3.63) is 59.3 Å². The Morgan fingerprint density at radius 2 is 1.85 bits per heavy atom. The predicted molar refractivity (Wildman–Crippen MR) is 84.9 cm³/mol. The molecule has 0 bridgehead atoms. The first kappa shape index (κ1) is 14.5. The van der Waals surface area contributed by atoms with Gasteiger partial charge in [-0.3, -0.25) is 0 Å². The van der Waals surface area contributed by atoms with Crippen LogP contribution in [0.2, 0.25) is 0 Å². The molecule has 0 atom stereocenters. The number of anilines is 1. The third-order valence-corrected chi connectivity index (χ3v) is 3.40. The molecule has 2 aromatic rings. The summed E-state index contributed by atoms with van der Waals surface area (Å²) in [6.45, 7) is 6.93. The van der Waals surface area contributed by atoms with Crippen molar-refractivity contribution in [2.24, 2.45) is 0 Å². The van der Waals surface area contributed by atoms with Gasteiger partial charge in [-0.1, -0.05) is 43.3 Å². The van der Waals surface area contributed by atoms with Crippen LogP contribution in [0.4, 0.5) is 5.82 Å². The van der Waals surface area contributed by atoms with Crippen molar-refractivity contribution in [3.8, 4) is 0 Å². The van der Waals surface area contributed by atoms with E-state index >= 15 is 0 Å². The summed E-state index contributed by atoms with van der Waals surface area (Å²) in [6, 6.07) is 14.7. The molecule has 0 aliphatic heterocycles. The number of rotatable bonds is 6. The first-order chi connectivity index (χ1) is 9.70. The second-order valence-electron chi connectivity index (χ2n) is 5.04. The maximum absolute atomic E-state index is 4.71. The zero-order valence-corrected chi connectivity index (χ0v) is 12.6. The van der Waals surface area contributed by atoms with Gasteiger partial charge in [0.15, 0.2) is 0 Å². The Morgan fingerprint density at radius 1 is 1.10 bits per heavy atom. The summed E-state index contributed by atoms with van der Waals surface area (Å²) in [5.41, 5.74) is 3.67. The maximum Gasteiger partial charge on any atom is 0.128 e. The van der Waals surface area contributed by atoms with Crippen molar-refractivity contribution < 1.29 is 0 Å². The van der Waals surface area contributed by atoms with E-state index in [1.165, 1.54) is 11.1 Å². The van der Waals surface area contributed by atoms with Gasteiger partial charge in [0.25, 0.3) is 0 Å². The van der Waals surface area contributed by atoms with Crippen molar-refractivity contribution in [3.63, 3.8) is 0 Å². The third-order valence-electron chi connectivity index (χ3n) is 3.40. The molecule has 0 aliphatic carbocycles. The number of benzene rings is 1. The smallest absolute Gasteiger partial charge is 0.128 e. The first-order valence-corrected chi connectivity index (χ1v) is 7.13. The van der Waals surface area contributed by atoms with E-state index in [9.17, 15) is 0 Å². The number of aryl methyl sites for hydroxylation is 1. The largest absolute Gasteiger partial charge is 0.355 e. The highest BCUT2D eigenvalue weighted by atomic mass is 15.2. The second-order valence-corrected chi connectivity index (χ2v) is 5.04. The fraction of sp³-hybridized carbons (Fsp3) is 0.353. The van der Waals surface area contributed by atoms with E-state index < -0.39 is 0 Å². The molecule has 0 spiro atoms. The molecule has 3 nitrogen and oxygen atoms in total. The van der Waals surface area contributed by atoms with Crippen molar-refractivity contribution >= 4 is 5.82 Å². The normalized spacial score (nSPS) is 10.6. The highest BCUT2D eigenvalue weighted by Gasteiger charge is 2.06. The molecule has 1 aromatic carbocycles. The lowest BCUT2D eigenvalue weighted by atomic mass is 10.2. The molecule has 3 heteroatoms. The Hall–Kier alpha value is -1.87. The molecular weight excluding hydrogens is 246 g/mol. The maximum atomic E-state index is 4.71. The topological polar surface area (TPSA) is 28.2 Å². The average molecular weight is 269 g/mol. The Kier molecular flexibility index (Phi) is 5.13. The summed E-state index contributed by atoms with van der Waals surface area (Å²) in [6.07, 6.45) is 0. The van der Waals surface area contributed by atoms with Crippen LogP contribution in [-0.2, 0) is 13.1 Å². The number of hydrogen-bond acceptors (Lipinski definition) is 3. The molecule has 2 rings (SSSR count). The lowest BCUT2D eigenvalue weighted by Crippen LogP contribution is -2.19. The van der Waals surface area contributed by atoms with Gasteiger partial charge >= 0.3 is 0 Å². The van der Waals surface area contributed by atoms with Crippen molar-refractivity contribution in [2.75, 3.05) is 18.5 Å². The van der Waals surface area contributed by atoms with Gasteiger partial charge in [0.1, 0.15) is 5.82 Å². The van der Waals surface area contributed by atoms with E-state index in [-0.39, 0.29) is 0 Å². The molecule has 0 amide bonds. The quantitative estimate of drug-likeness (QED) is 0.873. The summed E-state index contributed by atoms with van der Waals surface area (Å²) < 4.78 is 0. The van der Waals surface area contributed by atoms with E-state index in [4.69, 9.17) is 4.98 Å². The van der Waals surface area contributed by atoms with E-state index in [0.29, 0.717) is 0 Å². The predicted octanol–water partition coefficient (Wildman–Crippen LogP) is 3.14. The average Bonchev–Trinajstić information content (AvgIpc) is 2.47. The standard InChI is InChI=1S/C17H23N3/c1-4-18-12-16-10-11-17(19-14(16)2)20(3)13-15-8-6-5-7-9-15/h5-11,18H,4,12-13H2,1-3H3. The van der Waals surface area contributed by atoms with Gasteiger partial charge in [0, 0.05) is 25.8 Å². The third kappa shape index (κ3) is 3.81. The minimum absolute atomic E-state index is 0.875. The summed E-state index contributed by atoms with van der Waals surface area (Å²) in [5, 5.41) is 3.34. The van der Waals surface area contributed by atoms with Crippen molar-refractivity contribution in [1.29, 1.82) is 0 Å². The fourth-order valence-corrected chi connectivity index (χ4v) is 2.17. The van der Waals surface area contributed by atoms with Crippen LogP contribution in [0.25, 0.3) is 0 Å². The molecule has 0 saturated heterocycles. The molecule has 1 aromatic heterocycles. The lowest BCUT2D eigenvalue weighted by Gasteiger charge is -2.19. The number of aromatic nitrogens is 1. The number of nitrogens with zero attached hydrogens (tertiary/aromatic N) is 2. The highest BCUT2D eigenvalue weighted by molar-refractivity contribution is 5.41. The van der Waals surface area contributed by atoms with E-state index in [1.807, 2.05) is 6.07 Å². The Bertz CT molecular complexity index is 537. The number of nitrogens with one attached hydrogen (secondary N) is 1. The Labute approximate surface area is 121 Å². The fourth-order valence-electron chi connectivity index (χ4n) is 2.17. The lowest BCUT2D eigenvalue weighted by molar-refractivity contribution is 0.719. The van der Waals surface area contributed by atoms with Crippen LogP contribution in [0.15, 0.2) is 42.5 Å². The van der Waals surface area contributed by atoms with Crippen LogP contribution in [0.1, 0.15) is 23.7 Å². The molecule has 0 unspecified atom stereocenters. The zero-order valence-electron chi connectivity index (χ0n) is 12.6. The van der Waals surface area contributed by atoms with Crippen molar-refractivity contribution in [2.45, 2.75) is 26.9 Å². The van der Waals surface area contributed by atoms with Gasteiger partial charge in [0.05, 0.1) is 0 Å². The van der Waals surface area contributed by atoms with E-state index in [0.717, 1.165) is 31.1 Å². The summed E-state index contributed by atoms with van der Waals surface area (Å²) in [7, 11) is 2.08. The van der Waals surface area contributed by atoms with Crippen LogP contribution in [0.5, 0.6) is 0 Å². The minimum atomic E-state index is 0.875. The molecule has 0 saturated carbocycles. The van der Waals surface area contributed by atoms with Gasteiger partial charge in [-0.15, -0.1) is 0 Å². The van der Waals surface area contributed by atoms with Crippen LogP contribution < -0.4 is 10.2 Å². The summed E-state index contributed by atoms with van der Waals surface area (Å²) in [5.74, 6) is 1.02. The van der Waals surface area contributed by atoms with Gasteiger partial charge < -0.3 is 10.2 Å². The zero-order chi connectivity index (χ0) is 14.4. The molecular formula is C17H23N3.